The second-order valence-electron chi connectivity index (χ2n) is 4.75. The van der Waals surface area contributed by atoms with Crippen molar-refractivity contribution in [2.75, 3.05) is 0 Å². The number of carboxylic acids is 1. The zero-order valence-corrected chi connectivity index (χ0v) is 11.8. The highest BCUT2D eigenvalue weighted by molar-refractivity contribution is 6.30. The van der Waals surface area contributed by atoms with Crippen molar-refractivity contribution >= 4 is 29.2 Å². The highest BCUT2D eigenvalue weighted by Crippen LogP contribution is 2.22. The van der Waals surface area contributed by atoms with Crippen LogP contribution in [0.25, 0.3) is 0 Å². The normalized spacial score (nSPS) is 18.3. The maximum absolute atomic E-state index is 12.2. The van der Waals surface area contributed by atoms with E-state index in [2.05, 4.69) is 5.10 Å². The SMILES string of the molecule is CC1=NN(Cc2ccc(Cl)cc2)C(=O)C1CCC(=O)O. The molecule has 0 bridgehead atoms. The van der Waals surface area contributed by atoms with Crippen LogP contribution in [0.2, 0.25) is 5.02 Å². The second-order valence-corrected chi connectivity index (χ2v) is 5.19. The van der Waals surface area contributed by atoms with Crippen molar-refractivity contribution in [3.63, 3.8) is 0 Å². The van der Waals surface area contributed by atoms with E-state index in [1.54, 1.807) is 19.1 Å². The fourth-order valence-electron chi connectivity index (χ4n) is 2.14. The first-order chi connectivity index (χ1) is 9.47. The first kappa shape index (κ1) is 14.5. The van der Waals surface area contributed by atoms with Gasteiger partial charge in [0.1, 0.15) is 0 Å². The van der Waals surface area contributed by atoms with E-state index >= 15 is 0 Å². The maximum Gasteiger partial charge on any atom is 0.303 e. The number of hydrogen-bond acceptors (Lipinski definition) is 3. The number of carbonyl (C=O) groups excluding carboxylic acids is 1. The number of halogens is 1. The lowest BCUT2D eigenvalue weighted by Gasteiger charge is -2.14. The van der Waals surface area contributed by atoms with Crippen molar-refractivity contribution in [1.82, 2.24) is 5.01 Å². The predicted molar refractivity (Wildman–Crippen MR) is 75.5 cm³/mol. The summed E-state index contributed by atoms with van der Waals surface area (Å²) < 4.78 is 0. The fourth-order valence-corrected chi connectivity index (χ4v) is 2.27. The van der Waals surface area contributed by atoms with Gasteiger partial charge in [0, 0.05) is 17.2 Å². The van der Waals surface area contributed by atoms with Gasteiger partial charge in [0.05, 0.1) is 12.5 Å². The van der Waals surface area contributed by atoms with E-state index in [0.29, 0.717) is 23.7 Å². The average molecular weight is 295 g/mol. The van der Waals surface area contributed by atoms with Crippen molar-refractivity contribution < 1.29 is 14.7 Å². The molecule has 1 N–H and O–H groups in total. The van der Waals surface area contributed by atoms with Gasteiger partial charge in [-0.3, -0.25) is 9.59 Å². The first-order valence-electron chi connectivity index (χ1n) is 6.30. The first-order valence-corrected chi connectivity index (χ1v) is 6.68. The molecule has 0 saturated heterocycles. The van der Waals surface area contributed by atoms with Gasteiger partial charge >= 0.3 is 5.97 Å². The van der Waals surface area contributed by atoms with E-state index in [1.165, 1.54) is 5.01 Å². The van der Waals surface area contributed by atoms with Crippen LogP contribution in [0.3, 0.4) is 0 Å². The Hall–Kier alpha value is -1.88. The van der Waals surface area contributed by atoms with Crippen LogP contribution in [0.1, 0.15) is 25.3 Å². The van der Waals surface area contributed by atoms with Gasteiger partial charge in [-0.15, -0.1) is 0 Å². The summed E-state index contributed by atoms with van der Waals surface area (Å²) in [5, 5.41) is 15.0. The van der Waals surface area contributed by atoms with Crippen molar-refractivity contribution in [2.45, 2.75) is 26.3 Å². The summed E-state index contributed by atoms with van der Waals surface area (Å²) in [6.45, 7) is 2.13. The van der Waals surface area contributed by atoms with Crippen LogP contribution in [0.4, 0.5) is 0 Å². The van der Waals surface area contributed by atoms with Gasteiger partial charge in [-0.1, -0.05) is 23.7 Å². The highest BCUT2D eigenvalue weighted by Gasteiger charge is 2.33. The molecule has 1 amide bonds. The standard InChI is InChI=1S/C14H15ClN2O3/c1-9-12(6-7-13(18)19)14(20)17(16-9)8-10-2-4-11(15)5-3-10/h2-5,12H,6-8H2,1H3,(H,18,19). The topological polar surface area (TPSA) is 70.0 Å². The van der Waals surface area contributed by atoms with Gasteiger partial charge in [-0.2, -0.15) is 5.10 Å². The number of hydrazone groups is 1. The molecular formula is C14H15ClN2O3. The third-order valence-electron chi connectivity index (χ3n) is 3.23. The fraction of sp³-hybridized carbons (Fsp3) is 0.357. The Morgan fingerprint density at radius 3 is 2.65 bits per heavy atom. The number of rotatable bonds is 5. The molecule has 1 aromatic rings. The molecule has 1 aliphatic heterocycles. The number of nitrogens with zero attached hydrogens (tertiary/aromatic N) is 2. The monoisotopic (exact) mass is 294 g/mol. The molecule has 0 aromatic heterocycles. The number of carbonyl (C=O) groups is 2. The third-order valence-corrected chi connectivity index (χ3v) is 3.48. The van der Waals surface area contributed by atoms with Crippen LogP contribution in [0, 0.1) is 5.92 Å². The summed E-state index contributed by atoms with van der Waals surface area (Å²) in [5.41, 5.74) is 1.60. The predicted octanol–water partition coefficient (Wildman–Crippen LogP) is 2.54. The molecule has 20 heavy (non-hydrogen) atoms. The second kappa shape index (κ2) is 6.05. The minimum Gasteiger partial charge on any atom is -0.481 e. The number of aliphatic carboxylic acids is 1. The Morgan fingerprint density at radius 1 is 1.40 bits per heavy atom. The number of hydrogen-bond donors (Lipinski definition) is 1. The molecule has 0 fully saturated rings. The Labute approximate surface area is 121 Å². The molecule has 0 aliphatic carbocycles. The summed E-state index contributed by atoms with van der Waals surface area (Å²) in [4.78, 5) is 22.8. The summed E-state index contributed by atoms with van der Waals surface area (Å²) >= 11 is 5.81. The van der Waals surface area contributed by atoms with E-state index in [0.717, 1.165) is 5.56 Å². The van der Waals surface area contributed by atoms with E-state index in [4.69, 9.17) is 16.7 Å². The lowest BCUT2D eigenvalue weighted by molar-refractivity contribution is -0.137. The van der Waals surface area contributed by atoms with Crippen molar-refractivity contribution in [2.24, 2.45) is 11.0 Å². The Balaban J connectivity index is 2.02. The van der Waals surface area contributed by atoms with Crippen molar-refractivity contribution in [1.29, 1.82) is 0 Å². The van der Waals surface area contributed by atoms with Crippen LogP contribution in [0.5, 0.6) is 0 Å². The van der Waals surface area contributed by atoms with Crippen molar-refractivity contribution in [3.8, 4) is 0 Å². The maximum atomic E-state index is 12.2. The zero-order chi connectivity index (χ0) is 14.7. The average Bonchev–Trinajstić information content (AvgIpc) is 2.65. The van der Waals surface area contributed by atoms with Gasteiger partial charge in [0.2, 0.25) is 0 Å². The Kier molecular flexibility index (Phi) is 4.39. The summed E-state index contributed by atoms with van der Waals surface area (Å²) in [6, 6.07) is 7.20. The van der Waals surface area contributed by atoms with Crippen molar-refractivity contribution in [3.05, 3.63) is 34.9 Å². The minimum absolute atomic E-state index is 0.0297. The summed E-state index contributed by atoms with van der Waals surface area (Å²) in [5.74, 6) is -1.46. The molecule has 1 heterocycles. The van der Waals surface area contributed by atoms with Crippen LogP contribution in [-0.4, -0.2) is 27.7 Å². The van der Waals surface area contributed by atoms with E-state index in [9.17, 15) is 9.59 Å². The molecule has 0 radical (unpaired) electrons. The number of carboxylic acid groups (broad SMARTS) is 1. The van der Waals surface area contributed by atoms with Gasteiger partial charge in [0.25, 0.3) is 5.91 Å². The van der Waals surface area contributed by atoms with Gasteiger partial charge < -0.3 is 5.11 Å². The molecule has 1 aliphatic rings. The minimum atomic E-state index is -0.901. The molecular weight excluding hydrogens is 280 g/mol. The molecule has 1 unspecified atom stereocenters. The Bertz CT molecular complexity index is 554. The van der Waals surface area contributed by atoms with Gasteiger partial charge in [0.15, 0.2) is 0 Å². The number of benzene rings is 1. The van der Waals surface area contributed by atoms with Crippen LogP contribution < -0.4 is 0 Å². The number of amides is 1. The molecule has 0 saturated carbocycles. The summed E-state index contributed by atoms with van der Waals surface area (Å²) in [7, 11) is 0. The highest BCUT2D eigenvalue weighted by atomic mass is 35.5. The van der Waals surface area contributed by atoms with Gasteiger partial charge in [-0.05, 0) is 31.0 Å². The third kappa shape index (κ3) is 3.36. The van der Waals surface area contributed by atoms with Crippen LogP contribution >= 0.6 is 11.6 Å². The van der Waals surface area contributed by atoms with Crippen LogP contribution in [0.15, 0.2) is 29.4 Å². The molecule has 5 nitrogen and oxygen atoms in total. The zero-order valence-electron chi connectivity index (χ0n) is 11.0. The summed E-state index contributed by atoms with van der Waals surface area (Å²) in [6.07, 6.45) is 0.263. The largest absolute Gasteiger partial charge is 0.481 e. The molecule has 2 rings (SSSR count). The quantitative estimate of drug-likeness (QED) is 0.907. The van der Waals surface area contributed by atoms with Gasteiger partial charge in [-0.25, -0.2) is 5.01 Å². The molecule has 106 valence electrons. The molecule has 0 spiro atoms. The smallest absolute Gasteiger partial charge is 0.303 e. The molecule has 6 heteroatoms. The van der Waals surface area contributed by atoms with E-state index < -0.39 is 11.9 Å². The lowest BCUT2D eigenvalue weighted by atomic mass is 9.98. The molecule has 1 aromatic carbocycles. The van der Waals surface area contributed by atoms with Crippen LogP contribution in [-0.2, 0) is 16.1 Å². The van der Waals surface area contributed by atoms with E-state index in [-0.39, 0.29) is 12.3 Å². The lowest BCUT2D eigenvalue weighted by Crippen LogP contribution is -2.27. The Morgan fingerprint density at radius 2 is 2.05 bits per heavy atom. The van der Waals surface area contributed by atoms with E-state index in [1.807, 2.05) is 12.1 Å². The molecule has 1 atom stereocenters.